The lowest BCUT2D eigenvalue weighted by Crippen LogP contribution is -2.19. The summed E-state index contributed by atoms with van der Waals surface area (Å²) in [4.78, 5) is 14.0. The largest absolute Gasteiger partial charge is 0.377 e. The summed E-state index contributed by atoms with van der Waals surface area (Å²) in [6, 6.07) is 5.62. The number of halogens is 1. The van der Waals surface area contributed by atoms with Gasteiger partial charge in [0.2, 0.25) is 0 Å². The van der Waals surface area contributed by atoms with Crippen LogP contribution in [-0.4, -0.2) is 23.8 Å². The Morgan fingerprint density at radius 3 is 2.22 bits per heavy atom. The van der Waals surface area contributed by atoms with Crippen LogP contribution in [0.2, 0.25) is 0 Å². The topological polar surface area (TPSA) is 20.3 Å². The first kappa shape index (κ1) is 14.4. The van der Waals surface area contributed by atoms with E-state index in [9.17, 15) is 9.18 Å². The Kier molecular flexibility index (Phi) is 6.12. The lowest BCUT2D eigenvalue weighted by molar-refractivity contribution is 0.104. The van der Waals surface area contributed by atoms with Gasteiger partial charge in [-0.2, -0.15) is 0 Å². The van der Waals surface area contributed by atoms with Crippen molar-refractivity contribution in [2.24, 2.45) is 0 Å². The number of ketones is 1. The van der Waals surface area contributed by atoms with E-state index in [1.54, 1.807) is 6.08 Å². The second-order valence-corrected chi connectivity index (χ2v) is 4.22. The average Bonchev–Trinajstić information content (AvgIpc) is 2.37. The van der Waals surface area contributed by atoms with Gasteiger partial charge < -0.3 is 4.90 Å². The fourth-order valence-electron chi connectivity index (χ4n) is 1.72. The zero-order chi connectivity index (χ0) is 13.4. The van der Waals surface area contributed by atoms with E-state index in [2.05, 4.69) is 18.7 Å². The van der Waals surface area contributed by atoms with E-state index in [-0.39, 0.29) is 11.6 Å². The lowest BCUT2D eigenvalue weighted by atomic mass is 10.1. The third-order valence-corrected chi connectivity index (χ3v) is 2.59. The maximum Gasteiger partial charge on any atom is 0.187 e. The van der Waals surface area contributed by atoms with Crippen LogP contribution in [0.1, 0.15) is 37.0 Å². The third-order valence-electron chi connectivity index (χ3n) is 2.59. The Balaban J connectivity index is 2.64. The van der Waals surface area contributed by atoms with E-state index >= 15 is 0 Å². The molecular formula is C15H20FNO. The number of allylic oxidation sites excluding steroid dienone is 1. The van der Waals surface area contributed by atoms with Gasteiger partial charge in [-0.15, -0.1) is 0 Å². The number of hydrogen-bond acceptors (Lipinski definition) is 2. The van der Waals surface area contributed by atoms with Crippen LogP contribution >= 0.6 is 0 Å². The molecule has 1 rings (SSSR count). The van der Waals surface area contributed by atoms with Gasteiger partial charge in [0.25, 0.3) is 0 Å². The maximum absolute atomic E-state index is 12.7. The van der Waals surface area contributed by atoms with Gasteiger partial charge in [0.1, 0.15) is 5.82 Å². The van der Waals surface area contributed by atoms with E-state index < -0.39 is 0 Å². The summed E-state index contributed by atoms with van der Waals surface area (Å²) in [6.45, 7) is 6.11. The molecule has 0 N–H and O–H groups in total. The molecule has 0 radical (unpaired) electrons. The summed E-state index contributed by atoms with van der Waals surface area (Å²) in [5.41, 5.74) is 0.514. The molecule has 0 spiro atoms. The number of benzene rings is 1. The highest BCUT2D eigenvalue weighted by atomic mass is 19.1. The average molecular weight is 249 g/mol. The van der Waals surface area contributed by atoms with Crippen molar-refractivity contribution in [3.05, 3.63) is 47.9 Å². The zero-order valence-corrected chi connectivity index (χ0v) is 11.0. The maximum atomic E-state index is 12.7. The molecule has 0 unspecified atom stereocenters. The van der Waals surface area contributed by atoms with E-state index in [1.165, 1.54) is 24.3 Å². The first-order valence-electron chi connectivity index (χ1n) is 6.39. The predicted octanol–water partition coefficient (Wildman–Crippen LogP) is 3.64. The number of hydrogen-bond donors (Lipinski definition) is 0. The molecule has 0 saturated heterocycles. The van der Waals surface area contributed by atoms with Crippen molar-refractivity contribution in [1.82, 2.24) is 4.90 Å². The van der Waals surface area contributed by atoms with E-state index in [0.717, 1.165) is 25.9 Å². The summed E-state index contributed by atoms with van der Waals surface area (Å²) in [5, 5.41) is 0. The smallest absolute Gasteiger partial charge is 0.187 e. The molecule has 2 nitrogen and oxygen atoms in total. The minimum Gasteiger partial charge on any atom is -0.377 e. The van der Waals surface area contributed by atoms with Crippen molar-refractivity contribution < 1.29 is 9.18 Å². The van der Waals surface area contributed by atoms with Gasteiger partial charge in [0.15, 0.2) is 5.78 Å². The Hall–Kier alpha value is -1.64. The van der Waals surface area contributed by atoms with Crippen LogP contribution in [0, 0.1) is 5.82 Å². The molecule has 0 atom stereocenters. The summed E-state index contributed by atoms with van der Waals surface area (Å²) in [6.07, 6.45) is 5.49. The van der Waals surface area contributed by atoms with Gasteiger partial charge in [-0.05, 0) is 37.1 Å². The Labute approximate surface area is 108 Å². The second-order valence-electron chi connectivity index (χ2n) is 4.22. The first-order chi connectivity index (χ1) is 8.67. The predicted molar refractivity (Wildman–Crippen MR) is 72.0 cm³/mol. The number of carbonyl (C=O) groups excluding carboxylic acids is 1. The van der Waals surface area contributed by atoms with Gasteiger partial charge in [0, 0.05) is 30.9 Å². The summed E-state index contributed by atoms with van der Waals surface area (Å²) < 4.78 is 12.7. The molecule has 0 fully saturated rings. The molecule has 0 bridgehead atoms. The number of carbonyl (C=O) groups is 1. The summed E-state index contributed by atoms with van der Waals surface area (Å²) >= 11 is 0. The van der Waals surface area contributed by atoms with Crippen LogP contribution in [0.15, 0.2) is 36.5 Å². The third kappa shape index (κ3) is 4.70. The van der Waals surface area contributed by atoms with Crippen molar-refractivity contribution in [2.75, 3.05) is 13.1 Å². The Bertz CT molecular complexity index is 391. The SMILES string of the molecule is CCCN(/C=C\C(=O)c1ccc(F)cc1)CCC. The van der Waals surface area contributed by atoms with E-state index in [1.807, 2.05) is 6.20 Å². The lowest BCUT2D eigenvalue weighted by Gasteiger charge is -2.18. The van der Waals surface area contributed by atoms with Crippen LogP contribution in [-0.2, 0) is 0 Å². The normalized spacial score (nSPS) is 10.8. The van der Waals surface area contributed by atoms with Crippen molar-refractivity contribution in [3.8, 4) is 0 Å². The molecule has 18 heavy (non-hydrogen) atoms. The fraction of sp³-hybridized carbons (Fsp3) is 0.400. The van der Waals surface area contributed by atoms with Crippen molar-refractivity contribution in [1.29, 1.82) is 0 Å². The standard InChI is InChI=1S/C15H20FNO/c1-3-10-17(11-4-2)12-9-15(18)13-5-7-14(16)8-6-13/h5-9,12H,3-4,10-11H2,1-2H3/b12-9-. The van der Waals surface area contributed by atoms with Gasteiger partial charge >= 0.3 is 0 Å². The van der Waals surface area contributed by atoms with E-state index in [0.29, 0.717) is 5.56 Å². The van der Waals surface area contributed by atoms with Gasteiger partial charge in [0.05, 0.1) is 0 Å². The molecule has 0 aliphatic heterocycles. The highest BCUT2D eigenvalue weighted by Crippen LogP contribution is 2.05. The molecule has 0 amide bonds. The van der Waals surface area contributed by atoms with Crippen molar-refractivity contribution in [3.63, 3.8) is 0 Å². The molecule has 0 aliphatic rings. The van der Waals surface area contributed by atoms with Crippen LogP contribution in [0.25, 0.3) is 0 Å². The molecule has 0 aliphatic carbocycles. The fourth-order valence-corrected chi connectivity index (χ4v) is 1.72. The molecule has 3 heteroatoms. The van der Waals surface area contributed by atoms with Crippen LogP contribution in [0.4, 0.5) is 4.39 Å². The molecule has 0 saturated carbocycles. The van der Waals surface area contributed by atoms with Gasteiger partial charge in [-0.3, -0.25) is 4.79 Å². The molecular weight excluding hydrogens is 229 g/mol. The monoisotopic (exact) mass is 249 g/mol. The minimum atomic E-state index is -0.325. The number of nitrogens with zero attached hydrogens (tertiary/aromatic N) is 1. The molecule has 1 aromatic rings. The van der Waals surface area contributed by atoms with Crippen LogP contribution < -0.4 is 0 Å². The molecule has 1 aromatic carbocycles. The second kappa shape index (κ2) is 7.64. The highest BCUT2D eigenvalue weighted by Gasteiger charge is 2.02. The molecule has 98 valence electrons. The zero-order valence-electron chi connectivity index (χ0n) is 11.0. The van der Waals surface area contributed by atoms with Gasteiger partial charge in [-0.1, -0.05) is 13.8 Å². The Morgan fingerprint density at radius 2 is 1.72 bits per heavy atom. The summed E-state index contributed by atoms with van der Waals surface area (Å²) in [5.74, 6) is -0.415. The molecule has 0 aromatic heterocycles. The first-order valence-corrected chi connectivity index (χ1v) is 6.39. The quantitative estimate of drug-likeness (QED) is 0.543. The van der Waals surface area contributed by atoms with Crippen LogP contribution in [0.3, 0.4) is 0 Å². The number of rotatable bonds is 7. The van der Waals surface area contributed by atoms with Crippen LogP contribution in [0.5, 0.6) is 0 Å². The Morgan fingerprint density at radius 1 is 1.17 bits per heavy atom. The summed E-state index contributed by atoms with van der Waals surface area (Å²) in [7, 11) is 0. The van der Waals surface area contributed by atoms with E-state index in [4.69, 9.17) is 0 Å². The van der Waals surface area contributed by atoms with Crippen molar-refractivity contribution in [2.45, 2.75) is 26.7 Å². The van der Waals surface area contributed by atoms with Gasteiger partial charge in [-0.25, -0.2) is 4.39 Å². The molecule has 0 heterocycles. The highest BCUT2D eigenvalue weighted by molar-refractivity contribution is 6.04. The van der Waals surface area contributed by atoms with Crippen molar-refractivity contribution >= 4 is 5.78 Å². The minimum absolute atomic E-state index is 0.0905.